The van der Waals surface area contributed by atoms with E-state index in [0.717, 1.165) is 18.2 Å². The van der Waals surface area contributed by atoms with Gasteiger partial charge in [0.1, 0.15) is 0 Å². The van der Waals surface area contributed by atoms with E-state index in [2.05, 4.69) is 17.2 Å². The molecule has 104 valence electrons. The lowest BCUT2D eigenvalue weighted by Crippen LogP contribution is -2.32. The summed E-state index contributed by atoms with van der Waals surface area (Å²) < 4.78 is 0. The quantitative estimate of drug-likeness (QED) is 0.878. The van der Waals surface area contributed by atoms with Gasteiger partial charge in [-0.15, -0.1) is 0 Å². The third-order valence-electron chi connectivity index (χ3n) is 3.95. The molecule has 0 radical (unpaired) electrons. The number of aryl methyl sites for hydroxylation is 1. The molecule has 3 N–H and O–H groups in total. The van der Waals surface area contributed by atoms with Gasteiger partial charge >= 0.3 is 0 Å². The number of carbonyl (C=O) groups is 1. The summed E-state index contributed by atoms with van der Waals surface area (Å²) in [6.07, 6.45) is 6.62. The summed E-state index contributed by atoms with van der Waals surface area (Å²) in [6.45, 7) is 4.88. The molecule has 0 spiro atoms. The van der Waals surface area contributed by atoms with Crippen LogP contribution >= 0.6 is 0 Å². The SMILES string of the molecule is Cc1ncc(N)cc1C(=O)NCC1CCCC(C)C1. The van der Waals surface area contributed by atoms with Crippen molar-refractivity contribution in [2.75, 3.05) is 12.3 Å². The third-order valence-corrected chi connectivity index (χ3v) is 3.95. The largest absolute Gasteiger partial charge is 0.397 e. The van der Waals surface area contributed by atoms with Gasteiger partial charge in [-0.25, -0.2) is 0 Å². The fraction of sp³-hybridized carbons (Fsp3) is 0.600. The molecular weight excluding hydrogens is 238 g/mol. The zero-order valence-electron chi connectivity index (χ0n) is 11.8. The molecular formula is C15H23N3O. The van der Waals surface area contributed by atoms with E-state index in [4.69, 9.17) is 5.73 Å². The van der Waals surface area contributed by atoms with Gasteiger partial charge in [0.05, 0.1) is 23.1 Å². The average Bonchev–Trinajstić information content (AvgIpc) is 2.39. The number of carbonyl (C=O) groups excluding carboxylic acids is 1. The number of aromatic nitrogens is 1. The molecule has 0 bridgehead atoms. The number of nitrogen functional groups attached to an aromatic ring is 1. The van der Waals surface area contributed by atoms with Crippen LogP contribution < -0.4 is 11.1 Å². The van der Waals surface area contributed by atoms with Crippen molar-refractivity contribution in [2.24, 2.45) is 11.8 Å². The van der Waals surface area contributed by atoms with Crippen LogP contribution in [-0.2, 0) is 0 Å². The Morgan fingerprint density at radius 1 is 1.53 bits per heavy atom. The van der Waals surface area contributed by atoms with Gasteiger partial charge < -0.3 is 11.1 Å². The molecule has 1 aromatic heterocycles. The minimum absolute atomic E-state index is 0.0597. The summed E-state index contributed by atoms with van der Waals surface area (Å²) in [5.74, 6) is 1.34. The van der Waals surface area contributed by atoms with Crippen molar-refractivity contribution >= 4 is 11.6 Å². The lowest BCUT2D eigenvalue weighted by atomic mass is 9.82. The first kappa shape index (κ1) is 13.8. The zero-order chi connectivity index (χ0) is 13.8. The Hall–Kier alpha value is -1.58. The molecule has 4 nitrogen and oxygen atoms in total. The second-order valence-corrected chi connectivity index (χ2v) is 5.75. The maximum atomic E-state index is 12.1. The Labute approximate surface area is 114 Å². The van der Waals surface area contributed by atoms with Gasteiger partial charge in [-0.05, 0) is 37.7 Å². The molecule has 0 saturated heterocycles. The normalized spacial score (nSPS) is 23.1. The van der Waals surface area contributed by atoms with E-state index in [-0.39, 0.29) is 5.91 Å². The number of amides is 1. The maximum Gasteiger partial charge on any atom is 0.253 e. The smallest absolute Gasteiger partial charge is 0.253 e. The fourth-order valence-corrected chi connectivity index (χ4v) is 2.86. The molecule has 1 aliphatic rings. The van der Waals surface area contributed by atoms with Gasteiger partial charge in [0.2, 0.25) is 0 Å². The summed E-state index contributed by atoms with van der Waals surface area (Å²) in [5, 5.41) is 3.02. The van der Waals surface area contributed by atoms with Crippen molar-refractivity contribution in [3.05, 3.63) is 23.5 Å². The maximum absolute atomic E-state index is 12.1. The molecule has 1 aromatic rings. The van der Waals surface area contributed by atoms with Crippen molar-refractivity contribution in [3.63, 3.8) is 0 Å². The second kappa shape index (κ2) is 6.04. The molecule has 1 heterocycles. The van der Waals surface area contributed by atoms with Gasteiger partial charge in [-0.1, -0.05) is 19.8 Å². The summed E-state index contributed by atoms with van der Waals surface area (Å²) in [5.41, 5.74) is 7.52. The Morgan fingerprint density at radius 3 is 3.05 bits per heavy atom. The van der Waals surface area contributed by atoms with E-state index in [1.165, 1.54) is 25.7 Å². The van der Waals surface area contributed by atoms with Gasteiger partial charge in [-0.3, -0.25) is 9.78 Å². The van der Waals surface area contributed by atoms with E-state index in [9.17, 15) is 4.79 Å². The fourth-order valence-electron chi connectivity index (χ4n) is 2.86. The summed E-state index contributed by atoms with van der Waals surface area (Å²) in [4.78, 5) is 16.3. The highest BCUT2D eigenvalue weighted by Gasteiger charge is 2.20. The van der Waals surface area contributed by atoms with Gasteiger partial charge in [0.25, 0.3) is 5.91 Å². The number of nitrogens with one attached hydrogen (secondary N) is 1. The van der Waals surface area contributed by atoms with Crippen molar-refractivity contribution in [2.45, 2.75) is 39.5 Å². The number of anilines is 1. The number of pyridine rings is 1. The first-order valence-electron chi connectivity index (χ1n) is 7.06. The van der Waals surface area contributed by atoms with Crippen molar-refractivity contribution < 1.29 is 4.79 Å². The molecule has 4 heteroatoms. The first-order valence-corrected chi connectivity index (χ1v) is 7.06. The minimum atomic E-state index is -0.0597. The summed E-state index contributed by atoms with van der Waals surface area (Å²) >= 11 is 0. The molecule has 19 heavy (non-hydrogen) atoms. The molecule has 2 atom stereocenters. The van der Waals surface area contributed by atoms with Gasteiger partial charge in [0.15, 0.2) is 0 Å². The number of rotatable bonds is 3. The van der Waals surface area contributed by atoms with Crippen LogP contribution in [0.4, 0.5) is 5.69 Å². The molecule has 1 saturated carbocycles. The Morgan fingerprint density at radius 2 is 2.32 bits per heavy atom. The zero-order valence-corrected chi connectivity index (χ0v) is 11.8. The van der Waals surface area contributed by atoms with E-state index >= 15 is 0 Å². The minimum Gasteiger partial charge on any atom is -0.397 e. The first-order chi connectivity index (χ1) is 9.06. The predicted octanol–water partition coefficient (Wildman–Crippen LogP) is 2.53. The molecule has 2 rings (SSSR count). The van der Waals surface area contributed by atoms with Crippen molar-refractivity contribution in [1.82, 2.24) is 10.3 Å². The van der Waals surface area contributed by atoms with E-state index in [1.54, 1.807) is 12.3 Å². The Kier molecular flexibility index (Phi) is 4.40. The van der Waals surface area contributed by atoms with Crippen LogP contribution in [0.25, 0.3) is 0 Å². The number of hydrogen-bond donors (Lipinski definition) is 2. The summed E-state index contributed by atoms with van der Waals surface area (Å²) in [6, 6.07) is 1.70. The van der Waals surface area contributed by atoms with Crippen LogP contribution in [0, 0.1) is 18.8 Å². The third kappa shape index (κ3) is 3.69. The molecule has 1 fully saturated rings. The highest BCUT2D eigenvalue weighted by Crippen LogP contribution is 2.28. The topological polar surface area (TPSA) is 68.0 Å². The molecule has 0 aliphatic heterocycles. The molecule has 1 amide bonds. The highest BCUT2D eigenvalue weighted by molar-refractivity contribution is 5.95. The lowest BCUT2D eigenvalue weighted by molar-refractivity contribution is 0.0939. The van der Waals surface area contributed by atoms with Crippen molar-refractivity contribution in [3.8, 4) is 0 Å². The molecule has 0 aromatic carbocycles. The second-order valence-electron chi connectivity index (χ2n) is 5.75. The van der Waals surface area contributed by atoms with Gasteiger partial charge in [-0.2, -0.15) is 0 Å². The number of nitrogens with two attached hydrogens (primary N) is 1. The molecule has 2 unspecified atom stereocenters. The van der Waals surface area contributed by atoms with Crippen molar-refractivity contribution in [1.29, 1.82) is 0 Å². The van der Waals surface area contributed by atoms with Gasteiger partial charge in [0, 0.05) is 6.54 Å². The Bertz CT molecular complexity index is 459. The lowest BCUT2D eigenvalue weighted by Gasteiger charge is -2.26. The predicted molar refractivity (Wildman–Crippen MR) is 76.8 cm³/mol. The number of nitrogens with zero attached hydrogens (tertiary/aromatic N) is 1. The van der Waals surface area contributed by atoms with E-state index in [0.29, 0.717) is 17.2 Å². The van der Waals surface area contributed by atoms with E-state index in [1.807, 2.05) is 6.92 Å². The highest BCUT2D eigenvalue weighted by atomic mass is 16.1. The Balaban J connectivity index is 1.92. The van der Waals surface area contributed by atoms with Crippen LogP contribution in [0.3, 0.4) is 0 Å². The van der Waals surface area contributed by atoms with Crippen LogP contribution in [0.2, 0.25) is 0 Å². The van der Waals surface area contributed by atoms with Crippen LogP contribution in [0.5, 0.6) is 0 Å². The summed E-state index contributed by atoms with van der Waals surface area (Å²) in [7, 11) is 0. The van der Waals surface area contributed by atoms with Crippen LogP contribution in [-0.4, -0.2) is 17.4 Å². The van der Waals surface area contributed by atoms with Crippen LogP contribution in [0.15, 0.2) is 12.3 Å². The monoisotopic (exact) mass is 261 g/mol. The molecule has 1 aliphatic carbocycles. The van der Waals surface area contributed by atoms with Crippen LogP contribution in [0.1, 0.15) is 48.7 Å². The average molecular weight is 261 g/mol. The number of hydrogen-bond acceptors (Lipinski definition) is 3. The van der Waals surface area contributed by atoms with E-state index < -0.39 is 0 Å². The standard InChI is InChI=1S/C15H23N3O/c1-10-4-3-5-12(6-10)8-18-15(19)14-7-13(16)9-17-11(14)2/h7,9-10,12H,3-6,8,16H2,1-2H3,(H,18,19).